The van der Waals surface area contributed by atoms with Gasteiger partial charge in [-0.15, -0.1) is 6.42 Å². The van der Waals surface area contributed by atoms with E-state index in [0.717, 1.165) is 19.3 Å². The molecule has 7 heteroatoms. The van der Waals surface area contributed by atoms with Gasteiger partial charge in [-0.3, -0.25) is 4.79 Å². The standard InChI is InChI=1S/C16H18F2N2O3/c1-2-8-23-15-12(17)9-11(13(18)20-15)14(21)19-10-16(22)6-4-3-5-7-16/h1,9,22H,3-8,10H2,(H,19,21). The van der Waals surface area contributed by atoms with E-state index in [4.69, 9.17) is 11.2 Å². The number of hydrogen-bond donors (Lipinski definition) is 2. The number of ether oxygens (including phenoxy) is 1. The smallest absolute Gasteiger partial charge is 0.256 e. The first kappa shape index (κ1) is 17.2. The molecule has 0 unspecified atom stereocenters. The van der Waals surface area contributed by atoms with Crippen LogP contribution in [0.2, 0.25) is 0 Å². The Morgan fingerprint density at radius 1 is 1.43 bits per heavy atom. The highest BCUT2D eigenvalue weighted by Crippen LogP contribution is 2.27. The largest absolute Gasteiger partial charge is 0.462 e. The van der Waals surface area contributed by atoms with Crippen LogP contribution in [-0.2, 0) is 0 Å². The van der Waals surface area contributed by atoms with Crippen molar-refractivity contribution < 1.29 is 23.4 Å². The van der Waals surface area contributed by atoms with Crippen LogP contribution in [0.25, 0.3) is 0 Å². The molecule has 0 aliphatic heterocycles. The van der Waals surface area contributed by atoms with Crippen LogP contribution < -0.4 is 10.1 Å². The number of halogens is 2. The Hall–Kier alpha value is -2.20. The van der Waals surface area contributed by atoms with E-state index in [2.05, 4.69) is 16.2 Å². The summed E-state index contributed by atoms with van der Waals surface area (Å²) in [5.41, 5.74) is -1.54. The first-order valence-electron chi connectivity index (χ1n) is 7.38. The summed E-state index contributed by atoms with van der Waals surface area (Å²) < 4.78 is 32.3. The summed E-state index contributed by atoms with van der Waals surface area (Å²) in [5.74, 6) is -1.47. The molecule has 0 spiro atoms. The topological polar surface area (TPSA) is 71.5 Å². The molecule has 0 radical (unpaired) electrons. The second-order valence-corrected chi connectivity index (χ2v) is 5.57. The average molecular weight is 324 g/mol. The van der Waals surface area contributed by atoms with Gasteiger partial charge in [0.05, 0.1) is 11.2 Å². The van der Waals surface area contributed by atoms with Crippen molar-refractivity contribution in [1.82, 2.24) is 10.3 Å². The molecule has 0 aromatic carbocycles. The molecule has 2 N–H and O–H groups in total. The van der Waals surface area contributed by atoms with Gasteiger partial charge in [-0.25, -0.2) is 4.39 Å². The highest BCUT2D eigenvalue weighted by molar-refractivity contribution is 5.94. The third kappa shape index (κ3) is 4.39. The monoisotopic (exact) mass is 324 g/mol. The van der Waals surface area contributed by atoms with Crippen LogP contribution in [-0.4, -0.2) is 34.8 Å². The Balaban J connectivity index is 2.04. The number of aliphatic hydroxyl groups is 1. The minimum atomic E-state index is -1.16. The summed E-state index contributed by atoms with van der Waals surface area (Å²) in [6, 6.07) is 0.703. The Morgan fingerprint density at radius 3 is 2.78 bits per heavy atom. The number of carbonyl (C=O) groups excluding carboxylic acids is 1. The number of aromatic nitrogens is 1. The van der Waals surface area contributed by atoms with Crippen molar-refractivity contribution in [3.05, 3.63) is 23.4 Å². The highest BCUT2D eigenvalue weighted by Gasteiger charge is 2.30. The number of pyridine rings is 1. The van der Waals surface area contributed by atoms with Gasteiger partial charge in [0.1, 0.15) is 0 Å². The third-order valence-electron chi connectivity index (χ3n) is 3.80. The Bertz CT molecular complexity index is 622. The van der Waals surface area contributed by atoms with Crippen molar-refractivity contribution in [2.24, 2.45) is 0 Å². The quantitative estimate of drug-likeness (QED) is 0.640. The van der Waals surface area contributed by atoms with Crippen molar-refractivity contribution in [1.29, 1.82) is 0 Å². The summed E-state index contributed by atoms with van der Waals surface area (Å²) in [6.45, 7) is -0.274. The molecule has 2 rings (SSSR count). The normalized spacial score (nSPS) is 16.4. The van der Waals surface area contributed by atoms with E-state index in [9.17, 15) is 18.7 Å². The van der Waals surface area contributed by atoms with Crippen molar-refractivity contribution in [3.8, 4) is 18.2 Å². The van der Waals surface area contributed by atoms with E-state index in [1.54, 1.807) is 0 Å². The molecule has 1 amide bonds. The van der Waals surface area contributed by atoms with Gasteiger partial charge in [0.15, 0.2) is 12.4 Å². The van der Waals surface area contributed by atoms with Crippen LogP contribution in [0, 0.1) is 24.1 Å². The minimum absolute atomic E-state index is 0.0117. The maximum atomic E-state index is 13.8. The maximum Gasteiger partial charge on any atom is 0.256 e. The van der Waals surface area contributed by atoms with Crippen LogP contribution in [0.3, 0.4) is 0 Å². The van der Waals surface area contributed by atoms with E-state index >= 15 is 0 Å². The lowest BCUT2D eigenvalue weighted by Crippen LogP contribution is -2.44. The van der Waals surface area contributed by atoms with Crippen LogP contribution in [0.5, 0.6) is 5.88 Å². The number of nitrogens with zero attached hydrogens (tertiary/aromatic N) is 1. The lowest BCUT2D eigenvalue weighted by Gasteiger charge is -2.32. The molecule has 1 aromatic rings. The molecule has 1 aliphatic rings. The molecule has 23 heavy (non-hydrogen) atoms. The number of nitrogens with one attached hydrogen (secondary N) is 1. The van der Waals surface area contributed by atoms with Gasteiger partial charge in [0, 0.05) is 6.54 Å². The van der Waals surface area contributed by atoms with Crippen LogP contribution in [0.4, 0.5) is 8.78 Å². The lowest BCUT2D eigenvalue weighted by atomic mass is 9.85. The number of terminal acetylenes is 1. The summed E-state index contributed by atoms with van der Waals surface area (Å²) in [6.07, 6.45) is 8.89. The predicted octanol–water partition coefficient (Wildman–Crippen LogP) is 1.80. The fourth-order valence-electron chi connectivity index (χ4n) is 2.55. The number of hydrogen-bond acceptors (Lipinski definition) is 4. The zero-order valence-corrected chi connectivity index (χ0v) is 12.6. The molecular weight excluding hydrogens is 306 g/mol. The first-order valence-corrected chi connectivity index (χ1v) is 7.38. The zero-order chi connectivity index (χ0) is 16.9. The summed E-state index contributed by atoms with van der Waals surface area (Å²) in [4.78, 5) is 15.2. The van der Waals surface area contributed by atoms with E-state index in [-0.39, 0.29) is 13.2 Å². The van der Waals surface area contributed by atoms with Crippen molar-refractivity contribution in [2.75, 3.05) is 13.2 Å². The summed E-state index contributed by atoms with van der Waals surface area (Å²) in [5, 5.41) is 12.7. The average Bonchev–Trinajstić information content (AvgIpc) is 2.54. The second-order valence-electron chi connectivity index (χ2n) is 5.57. The zero-order valence-electron chi connectivity index (χ0n) is 12.6. The molecule has 0 atom stereocenters. The van der Waals surface area contributed by atoms with E-state index in [1.807, 2.05) is 0 Å². The molecule has 1 aliphatic carbocycles. The van der Waals surface area contributed by atoms with Gasteiger partial charge >= 0.3 is 0 Å². The lowest BCUT2D eigenvalue weighted by molar-refractivity contribution is 0.00520. The fourth-order valence-corrected chi connectivity index (χ4v) is 2.55. The van der Waals surface area contributed by atoms with Crippen molar-refractivity contribution >= 4 is 5.91 Å². The molecule has 5 nitrogen and oxygen atoms in total. The first-order chi connectivity index (χ1) is 10.9. The molecule has 0 bridgehead atoms. The van der Waals surface area contributed by atoms with Gasteiger partial charge in [-0.1, -0.05) is 25.2 Å². The summed E-state index contributed by atoms with van der Waals surface area (Å²) in [7, 11) is 0. The van der Waals surface area contributed by atoms with Gasteiger partial charge in [-0.2, -0.15) is 9.37 Å². The van der Waals surface area contributed by atoms with Gasteiger partial charge in [-0.05, 0) is 18.9 Å². The van der Waals surface area contributed by atoms with E-state index in [1.165, 1.54) is 0 Å². The Morgan fingerprint density at radius 2 is 2.13 bits per heavy atom. The van der Waals surface area contributed by atoms with Gasteiger partial charge < -0.3 is 15.2 Å². The van der Waals surface area contributed by atoms with E-state index in [0.29, 0.717) is 18.9 Å². The highest BCUT2D eigenvalue weighted by atomic mass is 19.1. The SMILES string of the molecule is C#CCOc1nc(F)c(C(=O)NCC2(O)CCCCC2)cc1F. The van der Waals surface area contributed by atoms with Crippen LogP contribution >= 0.6 is 0 Å². The molecule has 1 heterocycles. The van der Waals surface area contributed by atoms with Crippen LogP contribution in [0.1, 0.15) is 42.5 Å². The molecule has 1 aromatic heterocycles. The second kappa shape index (κ2) is 7.38. The molecule has 1 fully saturated rings. The van der Waals surface area contributed by atoms with Crippen molar-refractivity contribution in [2.45, 2.75) is 37.7 Å². The Kier molecular flexibility index (Phi) is 5.50. The van der Waals surface area contributed by atoms with Gasteiger partial charge in [0.2, 0.25) is 5.95 Å². The van der Waals surface area contributed by atoms with Crippen LogP contribution in [0.15, 0.2) is 6.07 Å². The predicted molar refractivity (Wildman–Crippen MR) is 78.8 cm³/mol. The number of carbonyl (C=O) groups is 1. The number of amides is 1. The number of rotatable bonds is 5. The maximum absolute atomic E-state index is 13.8. The third-order valence-corrected chi connectivity index (χ3v) is 3.80. The molecular formula is C16H18F2N2O3. The van der Waals surface area contributed by atoms with E-state index < -0.39 is 34.7 Å². The molecule has 0 saturated heterocycles. The fraction of sp³-hybridized carbons (Fsp3) is 0.500. The molecule has 1 saturated carbocycles. The minimum Gasteiger partial charge on any atom is -0.462 e. The van der Waals surface area contributed by atoms with Gasteiger partial charge in [0.25, 0.3) is 11.8 Å². The van der Waals surface area contributed by atoms with Crippen molar-refractivity contribution in [3.63, 3.8) is 0 Å². The summed E-state index contributed by atoms with van der Waals surface area (Å²) >= 11 is 0. The Labute approximate surface area is 133 Å². The molecule has 124 valence electrons.